The molecule has 0 aliphatic carbocycles. The maximum atomic E-state index is 10.6. The van der Waals surface area contributed by atoms with Crippen LogP contribution >= 0.6 is 0 Å². The molecule has 8 nitrogen and oxygen atoms in total. The average Bonchev–Trinajstić information content (AvgIpc) is 1.80. The molecule has 0 saturated heterocycles. The monoisotopic (exact) mass is 247 g/mol. The van der Waals surface area contributed by atoms with E-state index in [1.54, 1.807) is 0 Å². The predicted octanol–water partition coefficient (Wildman–Crippen LogP) is -1.23. The largest absolute Gasteiger partial charge is 0.479 e. The van der Waals surface area contributed by atoms with E-state index in [4.69, 9.17) is 14.2 Å². The summed E-state index contributed by atoms with van der Waals surface area (Å²) in [5, 5.41) is 8.38. The number of aliphatic carboxylic acids is 1. The molecule has 10 heteroatoms. The van der Waals surface area contributed by atoms with E-state index in [1.807, 2.05) is 0 Å². The molecule has 0 bridgehead atoms. The molecule has 0 aliphatic rings. The molecule has 0 fully saturated rings. The number of carboxylic acid groups (broad SMARTS) is 1. The van der Waals surface area contributed by atoms with E-state index < -0.39 is 36.7 Å². The minimum atomic E-state index is -5.53. The van der Waals surface area contributed by atoms with Gasteiger partial charge in [0.2, 0.25) is 0 Å². The molecular formula is C4H7O8S2. The van der Waals surface area contributed by atoms with E-state index >= 15 is 0 Å². The van der Waals surface area contributed by atoms with Gasteiger partial charge >= 0.3 is 10.0 Å². The number of hydrogen-bond acceptors (Lipinski definition) is 5. The van der Waals surface area contributed by atoms with Gasteiger partial charge in [-0.3, -0.25) is 9.11 Å². The molecule has 0 aromatic rings. The molecule has 0 atom stereocenters. The lowest BCUT2D eigenvalue weighted by molar-refractivity contribution is -0.137. The van der Waals surface area contributed by atoms with Gasteiger partial charge in [-0.1, -0.05) is 0 Å². The maximum Gasteiger partial charge on any atom is 0.346 e. The fourth-order valence-corrected chi connectivity index (χ4v) is 2.74. The summed E-state index contributed by atoms with van der Waals surface area (Å²) >= 11 is 0. The van der Waals surface area contributed by atoms with Crippen LogP contribution in [0.2, 0.25) is 0 Å². The Morgan fingerprint density at radius 3 is 1.43 bits per heavy atom. The summed E-state index contributed by atoms with van der Waals surface area (Å²) in [6, 6.07) is 0. The van der Waals surface area contributed by atoms with Crippen molar-refractivity contribution in [3.05, 3.63) is 6.92 Å². The number of carboxylic acids is 1. The van der Waals surface area contributed by atoms with Gasteiger partial charge in [0.25, 0.3) is 20.2 Å². The second kappa shape index (κ2) is 3.46. The molecule has 3 N–H and O–H groups in total. The van der Waals surface area contributed by atoms with E-state index in [0.29, 0.717) is 0 Å². The molecule has 0 aromatic heterocycles. The molecule has 83 valence electrons. The summed E-state index contributed by atoms with van der Waals surface area (Å²) in [6.07, 6.45) is -1.26. The average molecular weight is 247 g/mol. The standard InChI is InChI=1S/C4H7O8S2/c1-2-4(3(5)6,13(7,8)9)14(10,11)12/h1-2H2,(H,5,6)(H,7,8,9)(H,10,11,12). The number of carbonyl (C=O) groups is 1. The molecule has 0 unspecified atom stereocenters. The highest BCUT2D eigenvalue weighted by molar-refractivity contribution is 8.06. The van der Waals surface area contributed by atoms with E-state index in [-0.39, 0.29) is 0 Å². The zero-order chi connectivity index (χ0) is 11.8. The Kier molecular flexibility index (Phi) is 3.28. The molecular weight excluding hydrogens is 240 g/mol. The van der Waals surface area contributed by atoms with E-state index in [9.17, 15) is 21.6 Å². The fraction of sp³-hybridized carbons (Fsp3) is 0.500. The third kappa shape index (κ3) is 1.73. The smallest absolute Gasteiger partial charge is 0.346 e. The van der Waals surface area contributed by atoms with Gasteiger partial charge in [-0.15, -0.1) is 0 Å². The summed E-state index contributed by atoms with van der Waals surface area (Å²) in [5.41, 5.74) is 0. The second-order valence-electron chi connectivity index (χ2n) is 2.26. The topological polar surface area (TPSA) is 146 Å². The molecule has 0 aromatic carbocycles. The predicted molar refractivity (Wildman–Crippen MR) is 43.4 cm³/mol. The third-order valence-electron chi connectivity index (χ3n) is 1.49. The summed E-state index contributed by atoms with van der Waals surface area (Å²) in [6.45, 7) is 2.75. The fourth-order valence-electron chi connectivity index (χ4n) is 0.719. The first kappa shape index (κ1) is 13.3. The SMILES string of the molecule is [CH2]CC(C(=O)O)(S(=O)(=O)O)S(=O)(=O)O. The van der Waals surface area contributed by atoms with Crippen molar-refractivity contribution in [3.63, 3.8) is 0 Å². The van der Waals surface area contributed by atoms with Crippen molar-refractivity contribution < 1.29 is 35.8 Å². The van der Waals surface area contributed by atoms with Crippen LogP contribution in [-0.4, -0.2) is 41.1 Å². The minimum absolute atomic E-state index is 1.26. The van der Waals surface area contributed by atoms with Crippen molar-refractivity contribution in [2.24, 2.45) is 0 Å². The Bertz CT molecular complexity index is 396. The quantitative estimate of drug-likeness (QED) is 0.523. The summed E-state index contributed by atoms with van der Waals surface area (Å²) in [7, 11) is -11.1. The summed E-state index contributed by atoms with van der Waals surface area (Å²) in [4.78, 5) is 10.4. The van der Waals surface area contributed by atoms with Gasteiger partial charge in [-0.25, -0.2) is 4.79 Å². The van der Waals surface area contributed by atoms with Crippen molar-refractivity contribution in [2.75, 3.05) is 0 Å². The van der Waals surface area contributed by atoms with E-state index in [0.717, 1.165) is 0 Å². The van der Waals surface area contributed by atoms with Crippen molar-refractivity contribution >= 4 is 26.2 Å². The molecule has 0 aliphatic heterocycles. The van der Waals surface area contributed by atoms with Crippen LogP contribution in [0.25, 0.3) is 0 Å². The van der Waals surface area contributed by atoms with Crippen molar-refractivity contribution in [2.45, 2.75) is 10.5 Å². The van der Waals surface area contributed by atoms with E-state index in [1.165, 1.54) is 0 Å². The van der Waals surface area contributed by atoms with Crippen LogP contribution in [0.5, 0.6) is 0 Å². The highest BCUT2D eigenvalue weighted by Crippen LogP contribution is 2.27. The van der Waals surface area contributed by atoms with Crippen LogP contribution in [0.15, 0.2) is 0 Å². The van der Waals surface area contributed by atoms with Crippen molar-refractivity contribution in [1.29, 1.82) is 0 Å². The molecule has 14 heavy (non-hydrogen) atoms. The van der Waals surface area contributed by atoms with Crippen LogP contribution in [-0.2, 0) is 25.0 Å². The normalized spacial score (nSPS) is 13.9. The zero-order valence-electron chi connectivity index (χ0n) is 6.61. The molecule has 0 amide bonds. The molecule has 0 saturated carbocycles. The first-order chi connectivity index (χ1) is 6.00. The summed E-state index contributed by atoms with van der Waals surface area (Å²) < 4.78 is 55.4. The molecule has 0 spiro atoms. The highest BCUT2D eigenvalue weighted by Gasteiger charge is 2.60. The van der Waals surface area contributed by atoms with Gasteiger partial charge in [0.05, 0.1) is 0 Å². The van der Waals surface area contributed by atoms with Gasteiger partial charge in [0.1, 0.15) is 0 Å². The zero-order valence-corrected chi connectivity index (χ0v) is 8.25. The Morgan fingerprint density at radius 2 is 1.43 bits per heavy atom. The Hall–Kier alpha value is -0.710. The first-order valence-electron chi connectivity index (χ1n) is 2.97. The highest BCUT2D eigenvalue weighted by atomic mass is 32.3. The lowest BCUT2D eigenvalue weighted by Crippen LogP contribution is -2.52. The van der Waals surface area contributed by atoms with Crippen LogP contribution in [0.4, 0.5) is 0 Å². The lowest BCUT2D eigenvalue weighted by Gasteiger charge is -2.20. The third-order valence-corrected chi connectivity index (χ3v) is 5.18. The van der Waals surface area contributed by atoms with Gasteiger partial charge < -0.3 is 5.11 Å². The lowest BCUT2D eigenvalue weighted by atomic mass is 10.3. The Balaban J connectivity index is 6.14. The van der Waals surface area contributed by atoms with Gasteiger partial charge in [-0.05, 0) is 13.3 Å². The van der Waals surface area contributed by atoms with Crippen molar-refractivity contribution in [3.8, 4) is 0 Å². The molecule has 0 heterocycles. The Morgan fingerprint density at radius 1 is 1.14 bits per heavy atom. The van der Waals surface area contributed by atoms with Crippen LogP contribution in [0, 0.1) is 6.92 Å². The first-order valence-corrected chi connectivity index (χ1v) is 5.85. The van der Waals surface area contributed by atoms with Gasteiger partial charge in [0.15, 0.2) is 0 Å². The second-order valence-corrected chi connectivity index (χ2v) is 5.81. The summed E-state index contributed by atoms with van der Waals surface area (Å²) in [5.74, 6) is -2.42. The Labute approximate surface area is 80.0 Å². The van der Waals surface area contributed by atoms with Crippen LogP contribution < -0.4 is 0 Å². The van der Waals surface area contributed by atoms with Crippen molar-refractivity contribution in [1.82, 2.24) is 0 Å². The van der Waals surface area contributed by atoms with Gasteiger partial charge in [0, 0.05) is 0 Å². The maximum absolute atomic E-state index is 10.6. The number of rotatable bonds is 4. The molecule has 0 rings (SSSR count). The van der Waals surface area contributed by atoms with Gasteiger partial charge in [-0.2, -0.15) is 16.8 Å². The van der Waals surface area contributed by atoms with E-state index in [2.05, 4.69) is 6.92 Å². The number of hydrogen-bond donors (Lipinski definition) is 3. The molecule has 1 radical (unpaired) electrons. The van der Waals surface area contributed by atoms with Crippen LogP contribution in [0.3, 0.4) is 0 Å². The van der Waals surface area contributed by atoms with Crippen LogP contribution in [0.1, 0.15) is 6.42 Å². The minimum Gasteiger partial charge on any atom is -0.479 e.